The number of aromatic amines is 1. The zero-order valence-corrected chi connectivity index (χ0v) is 48.8. The molecule has 432 valence electrons. The molecular formula is C60H83ClN12O6S. The number of hydrogen-bond acceptors (Lipinski definition) is 13. The molecule has 5 aromatic rings. The number of amides is 5. The van der Waals surface area contributed by atoms with Crippen LogP contribution >= 0.6 is 22.9 Å². The van der Waals surface area contributed by atoms with Crippen LogP contribution in [0.2, 0.25) is 5.02 Å². The molecular weight excluding hydrogens is 1050 g/mol. The minimum atomic E-state index is -1.01. The molecule has 18 nitrogen and oxygen atoms in total. The van der Waals surface area contributed by atoms with E-state index >= 15 is 0 Å². The number of nitrogens with one attached hydrogen (secondary N) is 4. The highest BCUT2D eigenvalue weighted by molar-refractivity contribution is 7.13. The van der Waals surface area contributed by atoms with E-state index in [1.807, 2.05) is 98.9 Å². The second-order valence-electron chi connectivity index (χ2n) is 23.3. The molecule has 7 N–H and O–H groups in total. The summed E-state index contributed by atoms with van der Waals surface area (Å²) in [5.74, 6) is 0.0201. The first kappa shape index (κ1) is 60.1. The van der Waals surface area contributed by atoms with Gasteiger partial charge in [0.1, 0.15) is 29.9 Å². The number of carbonyl (C=O) groups is 5. The highest BCUT2D eigenvalue weighted by atomic mass is 35.5. The summed E-state index contributed by atoms with van der Waals surface area (Å²) in [6.07, 6.45) is 14.2. The summed E-state index contributed by atoms with van der Waals surface area (Å²) in [7, 11) is 0. The number of unbranched alkanes of at least 4 members (excludes halogenated alkanes) is 8. The monoisotopic (exact) mass is 1130 g/mol. The van der Waals surface area contributed by atoms with Gasteiger partial charge < -0.3 is 46.5 Å². The van der Waals surface area contributed by atoms with Gasteiger partial charge >= 0.3 is 0 Å². The van der Waals surface area contributed by atoms with Gasteiger partial charge in [0.05, 0.1) is 39.2 Å². The van der Waals surface area contributed by atoms with Crippen molar-refractivity contribution < 1.29 is 29.1 Å². The molecule has 20 heteroatoms. The predicted molar refractivity (Wildman–Crippen MR) is 315 cm³/mol. The number of carbonyl (C=O) groups excluding carboxylic acids is 5. The van der Waals surface area contributed by atoms with E-state index in [2.05, 4.69) is 45.7 Å². The number of benzene rings is 2. The van der Waals surface area contributed by atoms with E-state index in [1.54, 1.807) is 17.7 Å². The van der Waals surface area contributed by atoms with Gasteiger partial charge in [-0.1, -0.05) is 114 Å². The van der Waals surface area contributed by atoms with Crippen LogP contribution in [-0.2, 0) is 30.5 Å². The Morgan fingerprint density at radius 2 is 1.50 bits per heavy atom. The molecule has 8 rings (SSSR count). The van der Waals surface area contributed by atoms with E-state index < -0.39 is 29.1 Å². The Hall–Kier alpha value is -5.99. The SMILES string of the molecule is Cc1ncsc1-c1ccc(CNC(=O)[C@@H]2C[C@@H](O)CN2C(=O)C(NC(=O)CCCCCCCCCCCC(=O)N2CCN(CC[C@H](NC(=O)C3(N)CCN(c4ncnc5[nH]ccc45)CC3)c3ccc(Cl)cc3)CC2)C(C)(C)C)cc1. The quantitative estimate of drug-likeness (QED) is 0.0307. The summed E-state index contributed by atoms with van der Waals surface area (Å²) in [6, 6.07) is 15.6. The Morgan fingerprint density at radius 3 is 2.15 bits per heavy atom. The van der Waals surface area contributed by atoms with Crippen molar-refractivity contribution in [3.63, 3.8) is 0 Å². The number of likely N-dealkylation sites (tertiary alicyclic amines) is 1. The number of piperidine rings is 1. The van der Waals surface area contributed by atoms with E-state index in [9.17, 15) is 29.1 Å². The topological polar surface area (TPSA) is 235 Å². The van der Waals surface area contributed by atoms with Gasteiger partial charge in [0.15, 0.2) is 0 Å². The van der Waals surface area contributed by atoms with Gasteiger partial charge in [-0.2, -0.15) is 0 Å². The van der Waals surface area contributed by atoms with Gasteiger partial charge in [0.25, 0.3) is 0 Å². The molecule has 0 saturated carbocycles. The van der Waals surface area contributed by atoms with Crippen LogP contribution in [0.25, 0.3) is 21.5 Å². The molecule has 0 bridgehead atoms. The second-order valence-corrected chi connectivity index (χ2v) is 24.6. The van der Waals surface area contributed by atoms with Crippen molar-refractivity contribution in [2.75, 3.05) is 57.3 Å². The molecule has 6 heterocycles. The highest BCUT2D eigenvalue weighted by Crippen LogP contribution is 2.32. The number of hydrogen-bond donors (Lipinski definition) is 6. The normalized spacial score (nSPS) is 18.5. The number of aromatic nitrogens is 4. The number of nitrogens with zero attached hydrogens (tertiary/aromatic N) is 7. The Balaban J connectivity index is 0.668. The van der Waals surface area contributed by atoms with Crippen LogP contribution in [0, 0.1) is 12.3 Å². The van der Waals surface area contributed by atoms with E-state index in [4.69, 9.17) is 17.3 Å². The van der Waals surface area contributed by atoms with Crippen molar-refractivity contribution in [1.29, 1.82) is 0 Å². The number of aryl methyl sites for hydroxylation is 1. The fourth-order valence-corrected chi connectivity index (χ4v) is 12.2. The minimum absolute atomic E-state index is 0.0308. The molecule has 3 aliphatic rings. The average molecular weight is 1140 g/mol. The smallest absolute Gasteiger partial charge is 0.246 e. The molecule has 3 saturated heterocycles. The fraction of sp³-hybridized carbons (Fsp3) is 0.567. The first-order chi connectivity index (χ1) is 38.5. The average Bonchev–Trinajstić information content (AvgIpc) is 4.26. The molecule has 0 aliphatic carbocycles. The number of aliphatic hydroxyl groups is 1. The maximum atomic E-state index is 14.1. The number of piperazine rings is 1. The van der Waals surface area contributed by atoms with Crippen molar-refractivity contribution in [2.45, 2.75) is 160 Å². The summed E-state index contributed by atoms with van der Waals surface area (Å²) in [4.78, 5) is 93.4. The summed E-state index contributed by atoms with van der Waals surface area (Å²) < 4.78 is 0. The molecule has 4 atom stereocenters. The Morgan fingerprint density at radius 1 is 0.838 bits per heavy atom. The molecule has 3 aliphatic heterocycles. The van der Waals surface area contributed by atoms with E-state index in [0.717, 1.165) is 115 Å². The lowest BCUT2D eigenvalue weighted by Gasteiger charge is -2.39. The number of thiazole rings is 1. The predicted octanol–water partition coefficient (Wildman–Crippen LogP) is 7.83. The lowest BCUT2D eigenvalue weighted by atomic mass is 9.85. The van der Waals surface area contributed by atoms with Gasteiger partial charge in [0.2, 0.25) is 29.5 Å². The largest absolute Gasteiger partial charge is 0.391 e. The maximum absolute atomic E-state index is 14.1. The number of H-pyrrole nitrogens is 1. The van der Waals surface area contributed by atoms with E-state index in [0.29, 0.717) is 69.7 Å². The molecule has 3 fully saturated rings. The van der Waals surface area contributed by atoms with Gasteiger partial charge in [0, 0.05) is 89.4 Å². The summed E-state index contributed by atoms with van der Waals surface area (Å²) in [5.41, 5.74) is 11.8. The van der Waals surface area contributed by atoms with Crippen LogP contribution in [-0.4, -0.2) is 145 Å². The van der Waals surface area contributed by atoms with Crippen molar-refractivity contribution in [3.05, 3.63) is 94.5 Å². The number of anilines is 1. The minimum Gasteiger partial charge on any atom is -0.391 e. The zero-order chi connectivity index (χ0) is 56.8. The second kappa shape index (κ2) is 28.1. The molecule has 1 unspecified atom stereocenters. The first-order valence-corrected chi connectivity index (χ1v) is 30.1. The Bertz CT molecular complexity index is 2840. The van der Waals surface area contributed by atoms with Crippen LogP contribution < -0.4 is 26.6 Å². The van der Waals surface area contributed by atoms with E-state index in [1.165, 1.54) is 4.90 Å². The summed E-state index contributed by atoms with van der Waals surface area (Å²) in [6.45, 7) is 12.9. The number of nitrogens with two attached hydrogens (primary N) is 1. The molecule has 5 amide bonds. The van der Waals surface area contributed by atoms with Crippen LogP contribution in [0.3, 0.4) is 0 Å². The molecule has 0 spiro atoms. The third-order valence-electron chi connectivity index (χ3n) is 16.3. The van der Waals surface area contributed by atoms with Crippen LogP contribution in [0.15, 0.2) is 72.6 Å². The number of halogens is 1. The molecule has 80 heavy (non-hydrogen) atoms. The lowest BCUT2D eigenvalue weighted by molar-refractivity contribution is -0.144. The Labute approximate surface area is 480 Å². The van der Waals surface area contributed by atoms with Gasteiger partial charge in [-0.3, -0.25) is 28.9 Å². The summed E-state index contributed by atoms with van der Waals surface area (Å²) >= 11 is 7.84. The first-order valence-electron chi connectivity index (χ1n) is 28.9. The van der Waals surface area contributed by atoms with Gasteiger partial charge in [-0.05, 0) is 79.3 Å². The molecule has 2 aromatic carbocycles. The fourth-order valence-electron chi connectivity index (χ4n) is 11.3. The maximum Gasteiger partial charge on any atom is 0.246 e. The van der Waals surface area contributed by atoms with Crippen molar-refractivity contribution >= 4 is 69.3 Å². The highest BCUT2D eigenvalue weighted by Gasteiger charge is 2.45. The van der Waals surface area contributed by atoms with Crippen LogP contribution in [0.5, 0.6) is 0 Å². The Kier molecular flexibility index (Phi) is 21.1. The van der Waals surface area contributed by atoms with E-state index in [-0.39, 0.29) is 55.1 Å². The lowest BCUT2D eigenvalue weighted by Crippen LogP contribution is -2.60. The zero-order valence-electron chi connectivity index (χ0n) is 47.2. The van der Waals surface area contributed by atoms with Crippen molar-refractivity contribution in [3.8, 4) is 10.4 Å². The van der Waals surface area contributed by atoms with Crippen LogP contribution in [0.4, 0.5) is 5.82 Å². The van der Waals surface area contributed by atoms with Gasteiger partial charge in [-0.25, -0.2) is 15.0 Å². The third-order valence-corrected chi connectivity index (χ3v) is 17.5. The number of rotatable bonds is 25. The van der Waals surface area contributed by atoms with Crippen molar-refractivity contribution in [1.82, 2.24) is 50.6 Å². The van der Waals surface area contributed by atoms with Gasteiger partial charge in [-0.15, -0.1) is 11.3 Å². The molecule has 3 aromatic heterocycles. The number of aliphatic hydroxyl groups excluding tert-OH is 1. The number of β-amino-alcohol motifs (C(OH)–C–C–N with tert-alkyl or cyclic N) is 1. The molecule has 0 radical (unpaired) electrons. The third kappa shape index (κ3) is 16.1. The van der Waals surface area contributed by atoms with Crippen LogP contribution in [0.1, 0.15) is 140 Å². The standard InChI is InChI=1S/C60H83ClN12O6S/c1-41-52(80-40-67-41)44-18-16-42(17-19-44)37-64-56(77)49-36-46(74)38-73(49)57(78)53(59(2,3)4)69-50(75)14-12-10-8-6-5-7-9-11-13-15-51(76)71-34-32-70(33-35-71)29-25-48(43-20-22-45(61)23-21-43)68-58(79)60(62)26-30-72(31-27-60)55-47-24-28-63-54(47)65-39-66-55/h16-24,28,39-40,46,48-49,53,74H,5-15,25-27,29-38,62H2,1-4H3,(H,64,77)(H,68,79)(H,69,75)(H,63,65,66)/t46-,48+,49+,53?/m1/s1. The van der Waals surface area contributed by atoms with Crippen molar-refractivity contribution in [2.24, 2.45) is 11.1 Å². The summed E-state index contributed by atoms with van der Waals surface area (Å²) in [5, 5.41) is 21.5. The number of fused-ring (bicyclic) bond motifs is 1.